The average molecular weight is 260 g/mol. The van der Waals surface area contributed by atoms with E-state index in [-0.39, 0.29) is 23.8 Å². The molecule has 2 fully saturated rings. The van der Waals surface area contributed by atoms with Gasteiger partial charge in [0, 0.05) is 37.9 Å². The van der Waals surface area contributed by atoms with Crippen LogP contribution in [0.5, 0.6) is 0 Å². The molecule has 1 spiro atoms. The molecular formula is C13H22ClNO2. The Hall–Kier alpha value is -0.280. The second-order valence-electron chi connectivity index (χ2n) is 5.52. The number of hydrogen-bond acceptors (Lipinski definition) is 2. The topological polar surface area (TPSA) is 40.5 Å². The molecule has 0 aromatic rings. The first-order chi connectivity index (χ1) is 8.22. The molecule has 2 aliphatic rings. The summed E-state index contributed by atoms with van der Waals surface area (Å²) in [7, 11) is 0. The van der Waals surface area contributed by atoms with Crippen LogP contribution < -0.4 is 0 Å². The zero-order valence-corrected chi connectivity index (χ0v) is 11.1. The second-order valence-corrected chi connectivity index (χ2v) is 5.89. The van der Waals surface area contributed by atoms with Gasteiger partial charge in [-0.15, -0.1) is 11.6 Å². The molecule has 0 aromatic heterocycles. The van der Waals surface area contributed by atoms with Gasteiger partial charge in [-0.3, -0.25) is 4.79 Å². The van der Waals surface area contributed by atoms with E-state index in [0.29, 0.717) is 12.3 Å². The first-order valence-electron chi connectivity index (χ1n) is 6.66. The van der Waals surface area contributed by atoms with E-state index in [0.717, 1.165) is 13.1 Å². The number of rotatable bonds is 3. The molecule has 1 saturated carbocycles. The molecule has 1 saturated heterocycles. The third-order valence-corrected chi connectivity index (χ3v) is 4.73. The minimum atomic E-state index is 0.154. The highest BCUT2D eigenvalue weighted by molar-refractivity contribution is 6.18. The Morgan fingerprint density at radius 2 is 2.06 bits per heavy atom. The number of carbonyl (C=O) groups excluding carboxylic acids is 1. The summed E-state index contributed by atoms with van der Waals surface area (Å²) in [4.78, 5) is 13.8. The summed E-state index contributed by atoms with van der Waals surface area (Å²) in [6, 6.07) is 0. The molecule has 17 heavy (non-hydrogen) atoms. The Balaban J connectivity index is 2.04. The molecule has 1 atom stereocenters. The van der Waals surface area contributed by atoms with Gasteiger partial charge in [-0.2, -0.15) is 0 Å². The molecule has 0 bridgehead atoms. The highest BCUT2D eigenvalue weighted by atomic mass is 35.5. The zero-order chi connectivity index (χ0) is 12.3. The molecule has 98 valence electrons. The Morgan fingerprint density at radius 3 is 2.65 bits per heavy atom. The van der Waals surface area contributed by atoms with Gasteiger partial charge in [0.25, 0.3) is 0 Å². The highest BCUT2D eigenvalue weighted by Crippen LogP contribution is 2.47. The number of aliphatic hydroxyl groups excluding tert-OH is 1. The van der Waals surface area contributed by atoms with Crippen LogP contribution in [0.25, 0.3) is 0 Å². The van der Waals surface area contributed by atoms with Crippen LogP contribution in [-0.4, -0.2) is 41.5 Å². The molecule has 1 heterocycles. The summed E-state index contributed by atoms with van der Waals surface area (Å²) >= 11 is 5.63. The maximum absolute atomic E-state index is 11.9. The van der Waals surface area contributed by atoms with E-state index < -0.39 is 0 Å². The summed E-state index contributed by atoms with van der Waals surface area (Å²) in [6.45, 7) is 1.78. The van der Waals surface area contributed by atoms with E-state index in [1.165, 1.54) is 32.1 Å². The standard InChI is InChI=1S/C13H22ClNO2/c14-7-4-12(17)15-8-11(9-16)13(10-15)5-2-1-3-6-13/h11,16H,1-10H2/t11-/m1/s1. The van der Waals surface area contributed by atoms with Crippen LogP contribution in [0.2, 0.25) is 0 Å². The van der Waals surface area contributed by atoms with E-state index in [1.54, 1.807) is 0 Å². The highest BCUT2D eigenvalue weighted by Gasteiger charge is 2.47. The maximum Gasteiger partial charge on any atom is 0.223 e. The summed E-state index contributed by atoms with van der Waals surface area (Å²) in [5.41, 5.74) is 0.203. The van der Waals surface area contributed by atoms with Gasteiger partial charge in [-0.25, -0.2) is 0 Å². The Bertz CT molecular complexity index is 277. The number of aliphatic hydroxyl groups is 1. The van der Waals surface area contributed by atoms with Crippen molar-refractivity contribution in [3.05, 3.63) is 0 Å². The van der Waals surface area contributed by atoms with Gasteiger partial charge in [0.2, 0.25) is 5.91 Å². The quantitative estimate of drug-likeness (QED) is 0.788. The van der Waals surface area contributed by atoms with Crippen LogP contribution in [0.3, 0.4) is 0 Å². The van der Waals surface area contributed by atoms with Crippen LogP contribution >= 0.6 is 11.6 Å². The zero-order valence-electron chi connectivity index (χ0n) is 10.3. The van der Waals surface area contributed by atoms with Crippen molar-refractivity contribution >= 4 is 17.5 Å². The van der Waals surface area contributed by atoms with Crippen molar-refractivity contribution in [2.75, 3.05) is 25.6 Å². The third-order valence-electron chi connectivity index (χ3n) is 4.54. The van der Waals surface area contributed by atoms with Gasteiger partial charge in [0.1, 0.15) is 0 Å². The summed E-state index contributed by atoms with van der Waals surface area (Å²) in [5, 5.41) is 9.55. The third kappa shape index (κ3) is 2.60. The van der Waals surface area contributed by atoms with Crippen LogP contribution in [0.4, 0.5) is 0 Å². The number of carbonyl (C=O) groups is 1. The summed E-state index contributed by atoms with van der Waals surface area (Å²) < 4.78 is 0. The molecule has 1 amide bonds. The van der Waals surface area contributed by atoms with Gasteiger partial charge >= 0.3 is 0 Å². The van der Waals surface area contributed by atoms with E-state index >= 15 is 0 Å². The lowest BCUT2D eigenvalue weighted by Gasteiger charge is -2.37. The van der Waals surface area contributed by atoms with E-state index in [9.17, 15) is 9.90 Å². The smallest absolute Gasteiger partial charge is 0.223 e. The molecular weight excluding hydrogens is 238 g/mol. The van der Waals surface area contributed by atoms with Crippen molar-refractivity contribution in [2.24, 2.45) is 11.3 Å². The van der Waals surface area contributed by atoms with Crippen molar-refractivity contribution in [1.82, 2.24) is 4.90 Å². The molecule has 0 radical (unpaired) electrons. The predicted octanol–water partition coefficient (Wildman–Crippen LogP) is 2.02. The fourth-order valence-electron chi connectivity index (χ4n) is 3.54. The molecule has 1 N–H and O–H groups in total. The molecule has 4 heteroatoms. The van der Waals surface area contributed by atoms with E-state index in [4.69, 9.17) is 11.6 Å². The van der Waals surface area contributed by atoms with Crippen LogP contribution in [0.1, 0.15) is 38.5 Å². The molecule has 0 aromatic carbocycles. The van der Waals surface area contributed by atoms with Crippen LogP contribution in [-0.2, 0) is 4.79 Å². The second kappa shape index (κ2) is 5.57. The number of alkyl halides is 1. The van der Waals surface area contributed by atoms with Gasteiger partial charge in [-0.05, 0) is 18.3 Å². The average Bonchev–Trinajstić information content (AvgIpc) is 2.69. The fraction of sp³-hybridized carbons (Fsp3) is 0.923. The minimum absolute atomic E-state index is 0.154. The normalized spacial score (nSPS) is 27.6. The lowest BCUT2D eigenvalue weighted by molar-refractivity contribution is -0.130. The Labute approximate surface area is 108 Å². The van der Waals surface area contributed by atoms with Crippen molar-refractivity contribution < 1.29 is 9.90 Å². The van der Waals surface area contributed by atoms with E-state index in [2.05, 4.69) is 0 Å². The van der Waals surface area contributed by atoms with Gasteiger partial charge < -0.3 is 10.0 Å². The SMILES string of the molecule is O=C(CCCl)N1C[C@H](CO)C2(CCCCC2)C1. The molecule has 3 nitrogen and oxygen atoms in total. The number of amides is 1. The molecule has 0 unspecified atom stereocenters. The monoisotopic (exact) mass is 259 g/mol. The number of likely N-dealkylation sites (tertiary alicyclic amines) is 1. The summed E-state index contributed by atoms with van der Waals surface area (Å²) in [5.74, 6) is 0.828. The number of halogens is 1. The van der Waals surface area contributed by atoms with Crippen LogP contribution in [0, 0.1) is 11.3 Å². The van der Waals surface area contributed by atoms with Crippen molar-refractivity contribution in [3.8, 4) is 0 Å². The predicted molar refractivity (Wildman–Crippen MR) is 68.0 cm³/mol. The minimum Gasteiger partial charge on any atom is -0.396 e. The first-order valence-corrected chi connectivity index (χ1v) is 7.20. The Morgan fingerprint density at radius 1 is 1.35 bits per heavy atom. The lowest BCUT2D eigenvalue weighted by atomic mass is 9.68. The first kappa shape index (κ1) is 13.2. The number of hydrogen-bond donors (Lipinski definition) is 1. The maximum atomic E-state index is 11.9. The van der Waals surface area contributed by atoms with Gasteiger partial charge in [0.15, 0.2) is 0 Å². The van der Waals surface area contributed by atoms with Crippen molar-refractivity contribution in [2.45, 2.75) is 38.5 Å². The lowest BCUT2D eigenvalue weighted by Crippen LogP contribution is -2.35. The van der Waals surface area contributed by atoms with E-state index in [1.807, 2.05) is 4.90 Å². The van der Waals surface area contributed by atoms with Crippen molar-refractivity contribution in [3.63, 3.8) is 0 Å². The van der Waals surface area contributed by atoms with Crippen LogP contribution in [0.15, 0.2) is 0 Å². The number of nitrogens with zero attached hydrogens (tertiary/aromatic N) is 1. The van der Waals surface area contributed by atoms with Gasteiger partial charge in [-0.1, -0.05) is 19.3 Å². The molecule has 1 aliphatic carbocycles. The largest absolute Gasteiger partial charge is 0.396 e. The summed E-state index contributed by atoms with van der Waals surface area (Å²) in [6.07, 6.45) is 6.55. The molecule has 2 rings (SSSR count). The fourth-order valence-corrected chi connectivity index (χ4v) is 3.70. The van der Waals surface area contributed by atoms with Gasteiger partial charge in [0.05, 0.1) is 0 Å². The Kier molecular flexibility index (Phi) is 4.31. The molecule has 1 aliphatic heterocycles. The van der Waals surface area contributed by atoms with Crippen molar-refractivity contribution in [1.29, 1.82) is 0 Å².